The van der Waals surface area contributed by atoms with E-state index in [-0.39, 0.29) is 0 Å². The zero-order valence-electron chi connectivity index (χ0n) is 16.8. The van der Waals surface area contributed by atoms with Crippen LogP contribution in [0.5, 0.6) is 0 Å². The van der Waals surface area contributed by atoms with E-state index in [4.69, 9.17) is 16.3 Å². The number of anilines is 1. The number of carbonyl (C=O) groups is 1. The average molecular weight is 417 g/mol. The zero-order valence-corrected chi connectivity index (χ0v) is 17.5. The van der Waals surface area contributed by atoms with Crippen LogP contribution in [0.4, 0.5) is 10.6 Å². The molecule has 8 nitrogen and oxygen atoms in total. The molecular weight excluding hydrogens is 392 g/mol. The first kappa shape index (κ1) is 20.9. The van der Waals surface area contributed by atoms with Crippen molar-refractivity contribution in [2.75, 3.05) is 18.4 Å². The van der Waals surface area contributed by atoms with Gasteiger partial charge in [0.25, 0.3) is 0 Å². The van der Waals surface area contributed by atoms with Crippen molar-refractivity contribution in [3.63, 3.8) is 0 Å². The first-order valence-corrected chi connectivity index (χ1v) is 9.86. The molecule has 3 rings (SSSR count). The van der Waals surface area contributed by atoms with E-state index in [9.17, 15) is 4.79 Å². The van der Waals surface area contributed by atoms with Crippen molar-refractivity contribution in [3.05, 3.63) is 42.1 Å². The van der Waals surface area contributed by atoms with Crippen molar-refractivity contribution in [2.45, 2.75) is 39.2 Å². The maximum Gasteiger partial charge on any atom is 0.407 e. The molecule has 154 valence electrons. The van der Waals surface area contributed by atoms with Crippen LogP contribution in [0.25, 0.3) is 16.7 Å². The first-order valence-electron chi connectivity index (χ1n) is 9.48. The number of halogens is 1. The third-order valence-electron chi connectivity index (χ3n) is 3.97. The number of nitrogens with one attached hydrogen (secondary N) is 2. The van der Waals surface area contributed by atoms with E-state index < -0.39 is 11.7 Å². The fourth-order valence-corrected chi connectivity index (χ4v) is 2.87. The summed E-state index contributed by atoms with van der Waals surface area (Å²) in [7, 11) is 0. The van der Waals surface area contributed by atoms with Gasteiger partial charge in [0.2, 0.25) is 0 Å². The van der Waals surface area contributed by atoms with Crippen LogP contribution in [0.2, 0.25) is 5.15 Å². The molecule has 0 saturated carbocycles. The predicted molar refractivity (Wildman–Crippen MR) is 114 cm³/mol. The van der Waals surface area contributed by atoms with Gasteiger partial charge in [-0.05, 0) is 51.8 Å². The minimum absolute atomic E-state index is 0.333. The molecule has 0 bridgehead atoms. The number of unbranched alkanes of at least 4 members (excludes halogenated alkanes) is 1. The summed E-state index contributed by atoms with van der Waals surface area (Å²) >= 11 is 6.26. The zero-order chi connectivity index (χ0) is 20.9. The lowest BCUT2D eigenvalue weighted by Gasteiger charge is -2.19. The largest absolute Gasteiger partial charge is 0.444 e. The molecule has 0 spiro atoms. The molecule has 0 saturated heterocycles. The lowest BCUT2D eigenvalue weighted by atomic mass is 10.2. The van der Waals surface area contributed by atoms with Gasteiger partial charge in [0.1, 0.15) is 5.60 Å². The van der Waals surface area contributed by atoms with Gasteiger partial charge in [-0.2, -0.15) is 0 Å². The molecule has 0 unspecified atom stereocenters. The molecule has 1 amide bonds. The minimum Gasteiger partial charge on any atom is -0.444 e. The number of aromatic nitrogens is 4. The smallest absolute Gasteiger partial charge is 0.407 e. The first-order chi connectivity index (χ1) is 13.8. The standard InChI is InChI=1S/C20H25ClN6O2/c1-20(2,3)29-19(28)24-9-5-4-8-23-18-17(21)25-15-7-6-14(12-16(15)26-18)27-11-10-22-13-27/h6-7,10-13H,4-5,8-9H2,1-3H3,(H,23,26)(H,24,28). The lowest BCUT2D eigenvalue weighted by Crippen LogP contribution is -2.33. The highest BCUT2D eigenvalue weighted by atomic mass is 35.5. The number of carbonyl (C=O) groups excluding carboxylic acids is 1. The summed E-state index contributed by atoms with van der Waals surface area (Å²) in [6, 6.07) is 5.77. The van der Waals surface area contributed by atoms with E-state index in [1.807, 2.05) is 49.7 Å². The third kappa shape index (κ3) is 6.05. The van der Waals surface area contributed by atoms with Crippen LogP contribution >= 0.6 is 11.6 Å². The Kier molecular flexibility index (Phi) is 6.53. The fraction of sp³-hybridized carbons (Fsp3) is 0.400. The number of amides is 1. The van der Waals surface area contributed by atoms with Gasteiger partial charge in [0.15, 0.2) is 11.0 Å². The number of rotatable bonds is 7. The van der Waals surface area contributed by atoms with E-state index >= 15 is 0 Å². The van der Waals surface area contributed by atoms with E-state index in [0.29, 0.717) is 24.1 Å². The van der Waals surface area contributed by atoms with Crippen LogP contribution in [-0.4, -0.2) is 44.3 Å². The number of fused-ring (bicyclic) bond motifs is 1. The monoisotopic (exact) mass is 416 g/mol. The van der Waals surface area contributed by atoms with E-state index in [1.165, 1.54) is 0 Å². The Morgan fingerprint density at radius 3 is 2.69 bits per heavy atom. The van der Waals surface area contributed by atoms with E-state index in [0.717, 1.165) is 29.6 Å². The van der Waals surface area contributed by atoms with Crippen molar-refractivity contribution in [1.82, 2.24) is 24.8 Å². The number of nitrogens with zero attached hydrogens (tertiary/aromatic N) is 4. The minimum atomic E-state index is -0.491. The summed E-state index contributed by atoms with van der Waals surface area (Å²) in [6.45, 7) is 6.72. The van der Waals surface area contributed by atoms with Gasteiger partial charge in [-0.25, -0.2) is 19.7 Å². The molecule has 2 heterocycles. The number of ether oxygens (including phenoxy) is 1. The molecule has 1 aromatic carbocycles. The summed E-state index contributed by atoms with van der Waals surface area (Å²) in [5, 5.41) is 6.29. The van der Waals surface area contributed by atoms with Crippen molar-refractivity contribution in [1.29, 1.82) is 0 Å². The van der Waals surface area contributed by atoms with Gasteiger partial charge in [0, 0.05) is 31.2 Å². The van der Waals surface area contributed by atoms with Crippen LogP contribution in [0.3, 0.4) is 0 Å². The second-order valence-corrected chi connectivity index (χ2v) is 7.93. The molecule has 0 aliphatic rings. The Bertz CT molecular complexity index is 969. The van der Waals surface area contributed by atoms with Gasteiger partial charge in [0.05, 0.1) is 17.4 Å². The Hall–Kier alpha value is -2.87. The number of benzene rings is 1. The highest BCUT2D eigenvalue weighted by molar-refractivity contribution is 6.32. The van der Waals surface area contributed by atoms with Crippen LogP contribution in [0, 0.1) is 0 Å². The molecule has 0 fully saturated rings. The highest BCUT2D eigenvalue weighted by Crippen LogP contribution is 2.23. The molecule has 0 aliphatic carbocycles. The lowest BCUT2D eigenvalue weighted by molar-refractivity contribution is 0.0527. The highest BCUT2D eigenvalue weighted by Gasteiger charge is 2.15. The summed E-state index contributed by atoms with van der Waals surface area (Å²) in [5.74, 6) is 0.544. The number of hydrogen-bond donors (Lipinski definition) is 2. The number of alkyl carbamates (subject to hydrolysis) is 1. The maximum absolute atomic E-state index is 11.6. The van der Waals surface area contributed by atoms with Gasteiger partial charge < -0.3 is 19.9 Å². The molecular formula is C20H25ClN6O2. The number of imidazole rings is 1. The molecule has 0 aliphatic heterocycles. The Labute approximate surface area is 174 Å². The number of hydrogen-bond acceptors (Lipinski definition) is 6. The SMILES string of the molecule is CC(C)(C)OC(=O)NCCCCNc1nc2cc(-n3ccnc3)ccc2nc1Cl. The van der Waals surface area contributed by atoms with Crippen LogP contribution < -0.4 is 10.6 Å². The quantitative estimate of drug-likeness (QED) is 0.561. The van der Waals surface area contributed by atoms with Crippen LogP contribution in [-0.2, 0) is 4.74 Å². The van der Waals surface area contributed by atoms with Gasteiger partial charge in [-0.1, -0.05) is 11.6 Å². The summed E-state index contributed by atoms with van der Waals surface area (Å²) < 4.78 is 7.10. The average Bonchev–Trinajstić information content (AvgIpc) is 3.17. The van der Waals surface area contributed by atoms with Crippen molar-refractivity contribution < 1.29 is 9.53 Å². The van der Waals surface area contributed by atoms with Crippen LogP contribution in [0.1, 0.15) is 33.6 Å². The van der Waals surface area contributed by atoms with Crippen LogP contribution in [0.15, 0.2) is 36.9 Å². The Balaban J connectivity index is 1.52. The van der Waals surface area contributed by atoms with E-state index in [2.05, 4.69) is 25.6 Å². The second-order valence-electron chi connectivity index (χ2n) is 7.57. The molecule has 0 radical (unpaired) electrons. The Morgan fingerprint density at radius 1 is 1.17 bits per heavy atom. The molecule has 2 N–H and O–H groups in total. The molecule has 29 heavy (non-hydrogen) atoms. The second kappa shape index (κ2) is 9.09. The summed E-state index contributed by atoms with van der Waals surface area (Å²) in [5.41, 5.74) is 1.93. The summed E-state index contributed by atoms with van der Waals surface area (Å²) in [4.78, 5) is 24.7. The third-order valence-corrected chi connectivity index (χ3v) is 4.24. The molecule has 3 aromatic rings. The van der Waals surface area contributed by atoms with Gasteiger partial charge >= 0.3 is 6.09 Å². The fourth-order valence-electron chi connectivity index (χ4n) is 2.67. The topological polar surface area (TPSA) is 94.0 Å². The normalized spacial score (nSPS) is 11.4. The summed E-state index contributed by atoms with van der Waals surface area (Å²) in [6.07, 6.45) is 6.56. The Morgan fingerprint density at radius 2 is 1.97 bits per heavy atom. The molecule has 9 heteroatoms. The van der Waals surface area contributed by atoms with Gasteiger partial charge in [-0.15, -0.1) is 0 Å². The maximum atomic E-state index is 11.6. The van der Waals surface area contributed by atoms with Crippen molar-refractivity contribution in [2.24, 2.45) is 0 Å². The van der Waals surface area contributed by atoms with E-state index in [1.54, 1.807) is 12.5 Å². The predicted octanol–water partition coefficient (Wildman–Crippen LogP) is 4.19. The molecule has 0 atom stereocenters. The van der Waals surface area contributed by atoms with Crippen molar-refractivity contribution >= 4 is 34.5 Å². The van der Waals surface area contributed by atoms with Gasteiger partial charge in [-0.3, -0.25) is 0 Å². The van der Waals surface area contributed by atoms with Crippen molar-refractivity contribution in [3.8, 4) is 5.69 Å². The molecule has 2 aromatic heterocycles.